The van der Waals surface area contributed by atoms with Crippen molar-refractivity contribution in [2.75, 3.05) is 24.7 Å². The van der Waals surface area contributed by atoms with Crippen molar-refractivity contribution in [3.63, 3.8) is 0 Å². The van der Waals surface area contributed by atoms with Crippen LogP contribution < -0.4 is 5.32 Å². The van der Waals surface area contributed by atoms with Crippen molar-refractivity contribution in [2.45, 2.75) is 46.1 Å². The number of aliphatic hydroxyl groups excluding tert-OH is 1. The van der Waals surface area contributed by atoms with Crippen molar-refractivity contribution in [3.8, 4) is 0 Å². The van der Waals surface area contributed by atoms with Crippen LogP contribution in [-0.4, -0.2) is 35.8 Å². The van der Waals surface area contributed by atoms with Crippen molar-refractivity contribution in [3.05, 3.63) is 11.6 Å². The summed E-state index contributed by atoms with van der Waals surface area (Å²) in [6, 6.07) is 0.606. The van der Waals surface area contributed by atoms with Gasteiger partial charge in [0, 0.05) is 24.9 Å². The normalized spacial score (nSPS) is 12.5. The fourth-order valence-electron chi connectivity index (χ4n) is 1.37. The number of hydrogen-bond acceptors (Lipinski definition) is 3. The number of aliphatic hydroxyl groups is 1. The van der Waals surface area contributed by atoms with Crippen LogP contribution in [0.4, 0.5) is 0 Å². The Morgan fingerprint density at radius 3 is 2.75 bits per heavy atom. The zero-order valence-electron chi connectivity index (χ0n) is 11.0. The first kappa shape index (κ1) is 16.0. The summed E-state index contributed by atoms with van der Waals surface area (Å²) in [7, 11) is 0. The first-order valence-electron chi connectivity index (χ1n) is 6.22. The Labute approximate surface area is 105 Å². The quantitative estimate of drug-likeness (QED) is 0.458. The van der Waals surface area contributed by atoms with Crippen LogP contribution in [0.1, 0.15) is 40.0 Å². The Morgan fingerprint density at radius 2 is 2.12 bits per heavy atom. The highest BCUT2D eigenvalue weighted by Gasteiger charge is 1.99. The molecule has 0 saturated carbocycles. The minimum Gasteiger partial charge on any atom is -0.396 e. The lowest BCUT2D eigenvalue weighted by Gasteiger charge is -2.12. The molecule has 2 nitrogen and oxygen atoms in total. The molecule has 0 radical (unpaired) electrons. The van der Waals surface area contributed by atoms with Crippen LogP contribution in [0.15, 0.2) is 11.6 Å². The molecule has 3 heteroatoms. The van der Waals surface area contributed by atoms with Gasteiger partial charge in [0.1, 0.15) is 0 Å². The van der Waals surface area contributed by atoms with Crippen LogP contribution in [-0.2, 0) is 0 Å². The maximum Gasteiger partial charge on any atom is 0.0438 e. The summed E-state index contributed by atoms with van der Waals surface area (Å²) in [4.78, 5) is 0. The third kappa shape index (κ3) is 12.1. The van der Waals surface area contributed by atoms with Crippen molar-refractivity contribution < 1.29 is 5.11 Å². The molecule has 0 aliphatic rings. The highest BCUT2D eigenvalue weighted by molar-refractivity contribution is 7.99. The molecule has 0 rings (SSSR count). The molecule has 0 spiro atoms. The molecule has 1 atom stereocenters. The molecule has 0 aliphatic carbocycles. The van der Waals surface area contributed by atoms with Gasteiger partial charge in [-0.15, -0.1) is 0 Å². The van der Waals surface area contributed by atoms with Gasteiger partial charge in [-0.1, -0.05) is 11.6 Å². The largest absolute Gasteiger partial charge is 0.396 e. The highest BCUT2D eigenvalue weighted by Crippen LogP contribution is 2.03. The third-order valence-electron chi connectivity index (χ3n) is 2.34. The molecule has 0 aromatic carbocycles. The standard InChI is InChI=1S/C13H27NOS/c1-12(2)6-4-7-13(3)14-8-11-16-10-5-9-15/h6,13-15H,4-5,7-11H2,1-3H3. The Balaban J connectivity index is 3.23. The number of thioether (sulfide) groups is 1. The van der Waals surface area contributed by atoms with Gasteiger partial charge in [0.25, 0.3) is 0 Å². The fourth-order valence-corrected chi connectivity index (χ4v) is 2.17. The van der Waals surface area contributed by atoms with Gasteiger partial charge in [-0.05, 0) is 45.8 Å². The van der Waals surface area contributed by atoms with Gasteiger partial charge in [0.05, 0.1) is 0 Å². The first-order valence-corrected chi connectivity index (χ1v) is 7.37. The van der Waals surface area contributed by atoms with E-state index in [1.165, 1.54) is 18.4 Å². The average Bonchev–Trinajstić information content (AvgIpc) is 2.22. The second kappa shape index (κ2) is 11.5. The van der Waals surface area contributed by atoms with Gasteiger partial charge in [-0.25, -0.2) is 0 Å². The molecule has 0 bridgehead atoms. The Hall–Kier alpha value is 0.01000. The van der Waals surface area contributed by atoms with Crippen LogP contribution >= 0.6 is 11.8 Å². The van der Waals surface area contributed by atoms with Crippen molar-refractivity contribution in [2.24, 2.45) is 0 Å². The summed E-state index contributed by atoms with van der Waals surface area (Å²) in [6.45, 7) is 7.94. The van der Waals surface area contributed by atoms with Crippen LogP contribution in [0, 0.1) is 0 Å². The monoisotopic (exact) mass is 245 g/mol. The minimum absolute atomic E-state index is 0.319. The summed E-state index contributed by atoms with van der Waals surface area (Å²) in [5, 5.41) is 12.1. The zero-order valence-corrected chi connectivity index (χ0v) is 11.8. The van der Waals surface area contributed by atoms with Gasteiger partial charge < -0.3 is 10.4 Å². The Bertz CT molecular complexity index is 179. The van der Waals surface area contributed by atoms with Gasteiger partial charge in [0.15, 0.2) is 0 Å². The smallest absolute Gasteiger partial charge is 0.0438 e. The number of rotatable bonds is 10. The second-order valence-electron chi connectivity index (χ2n) is 4.40. The molecule has 16 heavy (non-hydrogen) atoms. The Kier molecular flexibility index (Phi) is 11.5. The number of allylic oxidation sites excluding steroid dienone is 2. The van der Waals surface area contributed by atoms with Crippen molar-refractivity contribution in [1.29, 1.82) is 0 Å². The SMILES string of the molecule is CC(C)=CCCC(C)NCCSCCCO. The summed E-state index contributed by atoms with van der Waals surface area (Å²) in [5.41, 5.74) is 1.41. The predicted octanol–water partition coefficient (Wildman–Crippen LogP) is 2.83. The minimum atomic E-state index is 0.319. The van der Waals surface area contributed by atoms with E-state index >= 15 is 0 Å². The van der Waals surface area contributed by atoms with E-state index < -0.39 is 0 Å². The maximum atomic E-state index is 8.62. The molecular formula is C13H27NOS. The zero-order chi connectivity index (χ0) is 12.2. The molecule has 0 heterocycles. The topological polar surface area (TPSA) is 32.3 Å². The number of nitrogens with one attached hydrogen (secondary N) is 1. The molecule has 0 fully saturated rings. The van der Waals surface area contributed by atoms with Crippen LogP contribution in [0.2, 0.25) is 0 Å². The Morgan fingerprint density at radius 1 is 1.38 bits per heavy atom. The molecule has 96 valence electrons. The lowest BCUT2D eigenvalue weighted by Crippen LogP contribution is -2.28. The molecule has 0 amide bonds. The maximum absolute atomic E-state index is 8.62. The van der Waals surface area contributed by atoms with Crippen LogP contribution in [0.25, 0.3) is 0 Å². The van der Waals surface area contributed by atoms with E-state index in [0.717, 1.165) is 24.5 Å². The van der Waals surface area contributed by atoms with E-state index in [4.69, 9.17) is 5.11 Å². The van der Waals surface area contributed by atoms with E-state index in [-0.39, 0.29) is 0 Å². The summed E-state index contributed by atoms with van der Waals surface area (Å²) in [5.74, 6) is 2.22. The van der Waals surface area contributed by atoms with E-state index in [2.05, 4.69) is 32.2 Å². The molecule has 0 aromatic rings. The fraction of sp³-hybridized carbons (Fsp3) is 0.846. The lowest BCUT2D eigenvalue weighted by molar-refractivity contribution is 0.296. The van der Waals surface area contributed by atoms with E-state index in [1.54, 1.807) is 0 Å². The van der Waals surface area contributed by atoms with Crippen molar-refractivity contribution >= 4 is 11.8 Å². The van der Waals surface area contributed by atoms with E-state index in [1.807, 2.05) is 11.8 Å². The molecule has 2 N–H and O–H groups in total. The second-order valence-corrected chi connectivity index (χ2v) is 5.63. The lowest BCUT2D eigenvalue weighted by atomic mass is 10.1. The van der Waals surface area contributed by atoms with Crippen LogP contribution in [0.3, 0.4) is 0 Å². The molecular weight excluding hydrogens is 218 g/mol. The first-order chi connectivity index (χ1) is 7.66. The summed E-state index contributed by atoms with van der Waals surface area (Å²) in [6.07, 6.45) is 5.61. The van der Waals surface area contributed by atoms with Gasteiger partial charge >= 0.3 is 0 Å². The molecule has 1 unspecified atom stereocenters. The number of hydrogen-bond donors (Lipinski definition) is 2. The van der Waals surface area contributed by atoms with Crippen LogP contribution in [0.5, 0.6) is 0 Å². The average molecular weight is 245 g/mol. The predicted molar refractivity (Wildman–Crippen MR) is 75.2 cm³/mol. The third-order valence-corrected chi connectivity index (χ3v) is 3.41. The summed E-state index contributed by atoms with van der Waals surface area (Å²) < 4.78 is 0. The van der Waals surface area contributed by atoms with Gasteiger partial charge in [0.2, 0.25) is 0 Å². The van der Waals surface area contributed by atoms with E-state index in [9.17, 15) is 0 Å². The van der Waals surface area contributed by atoms with Crippen molar-refractivity contribution in [1.82, 2.24) is 5.32 Å². The molecule has 0 aliphatic heterocycles. The van der Waals surface area contributed by atoms with Gasteiger partial charge in [-0.3, -0.25) is 0 Å². The van der Waals surface area contributed by atoms with Gasteiger partial charge in [-0.2, -0.15) is 11.8 Å². The molecule has 0 saturated heterocycles. The summed E-state index contributed by atoms with van der Waals surface area (Å²) >= 11 is 1.91. The van der Waals surface area contributed by atoms with E-state index in [0.29, 0.717) is 12.6 Å². The molecule has 0 aromatic heterocycles. The highest BCUT2D eigenvalue weighted by atomic mass is 32.2.